The zero-order valence-electron chi connectivity index (χ0n) is 37.2. The Kier molecular flexibility index (Phi) is 14.7. The van der Waals surface area contributed by atoms with E-state index in [1.165, 1.54) is 129 Å². The van der Waals surface area contributed by atoms with Gasteiger partial charge in [0.25, 0.3) is 0 Å². The fourth-order valence-corrected chi connectivity index (χ4v) is 34.1. The Morgan fingerprint density at radius 1 is 0.484 bits per heavy atom. The van der Waals surface area contributed by atoms with Gasteiger partial charge in [-0.1, -0.05) is 55.7 Å². The van der Waals surface area contributed by atoms with E-state index in [2.05, 4.69) is 164 Å². The first-order valence-corrected chi connectivity index (χ1v) is 34.0. The van der Waals surface area contributed by atoms with Crippen molar-refractivity contribution in [3.8, 4) is 0 Å². The van der Waals surface area contributed by atoms with E-state index in [0.717, 1.165) is 0 Å². The second kappa shape index (κ2) is 20.6. The Hall–Kier alpha value is -4.17. The molecule has 0 radical (unpaired) electrons. The molecule has 4 aliphatic rings. The third-order valence-corrected chi connectivity index (χ3v) is 35.9. The summed E-state index contributed by atoms with van der Waals surface area (Å²) in [5.41, 5.74) is 12.5. The van der Waals surface area contributed by atoms with Crippen LogP contribution in [0, 0.1) is 0 Å². The van der Waals surface area contributed by atoms with Gasteiger partial charge in [0.2, 0.25) is 0 Å². The minimum absolute atomic E-state index is 0.237. The van der Waals surface area contributed by atoms with Crippen molar-refractivity contribution in [1.29, 1.82) is 0 Å². The van der Waals surface area contributed by atoms with E-state index in [1.54, 1.807) is 18.4 Å². The van der Waals surface area contributed by atoms with Crippen LogP contribution in [0.4, 0.5) is 34.1 Å². The standard InChI is InChI=1S/C36H21BN2S2.2C6H13.C4H8.C4H6.Pb/c1-4-12-24(13-5-1)38(25-14-6-2-7-15-25)27-22-32-36-33(23-27)41-31-21-11-19-29-35(31)37(36)34-28(18-10-20-30(34)40-32)39(29)26-16-8-3-9-17-26;2*1-3-5-6-4-2;2*1-3-4-2;/h1-12,14,16-23H;2*1,3-6H2,2H3;3-4H,1-2H3;3-4H,1-2H2;/b;;;4-3-;;. The number of rotatable bonds is 13. The van der Waals surface area contributed by atoms with Gasteiger partial charge in [0.1, 0.15) is 0 Å². The minimum atomic E-state index is -3.27. The maximum absolute atomic E-state index is 3.36. The number of unbranched alkanes of at least 4 members (excludes halogenated alkanes) is 6. The topological polar surface area (TPSA) is 6.48 Å². The van der Waals surface area contributed by atoms with E-state index in [1.807, 2.05) is 49.5 Å². The van der Waals surface area contributed by atoms with Gasteiger partial charge in [-0.05, 0) is 26.0 Å². The van der Waals surface area contributed by atoms with Crippen LogP contribution < -0.4 is 32.4 Å². The van der Waals surface area contributed by atoms with Crippen LogP contribution in [0.25, 0.3) is 0 Å². The molecule has 4 aliphatic heterocycles. The molecule has 0 N–H and O–H groups in total. The molecule has 0 amide bonds. The van der Waals surface area contributed by atoms with E-state index in [9.17, 15) is 0 Å². The molecular formula is C56H61BN2PbS2. The zero-order valence-corrected chi connectivity index (χ0v) is 42.7. The Bertz CT molecular complexity index is 2420. The molecule has 6 aromatic carbocycles. The van der Waals surface area contributed by atoms with Gasteiger partial charge < -0.3 is 0 Å². The first-order chi connectivity index (χ1) is 30.5. The van der Waals surface area contributed by atoms with E-state index in [4.69, 9.17) is 0 Å². The summed E-state index contributed by atoms with van der Waals surface area (Å²) in [5.74, 6) is 0. The van der Waals surface area contributed by atoms with Gasteiger partial charge in [-0.3, -0.25) is 0 Å². The average molecular weight is 1040 g/mol. The third-order valence-electron chi connectivity index (χ3n) is 13.0. The summed E-state index contributed by atoms with van der Waals surface area (Å²) in [6, 6.07) is 49.4. The molecule has 0 bridgehead atoms. The Labute approximate surface area is 386 Å². The SMILES string of the molecule is C/C=C\C.C=CC=C.CCCCC[CH2][Pb]1([CH2]CCCCC)[c]2ccccc2N(c2cc3c4c(c2)Sc2cccc5c2B4c2c(cccc2N5c2ccccc2)S3)c2cccc[c]21. The molecule has 6 aromatic rings. The molecule has 0 spiro atoms. The number of benzene rings is 6. The molecule has 6 heteroatoms. The molecule has 4 heterocycles. The van der Waals surface area contributed by atoms with Crippen LogP contribution in [-0.2, 0) is 0 Å². The first-order valence-electron chi connectivity index (χ1n) is 23.0. The second-order valence-electron chi connectivity index (χ2n) is 16.8. The van der Waals surface area contributed by atoms with Crippen LogP contribution in [-0.4, -0.2) is 27.9 Å². The monoisotopic (exact) mass is 1040 g/mol. The summed E-state index contributed by atoms with van der Waals surface area (Å²) in [7, 11) is 0. The van der Waals surface area contributed by atoms with Gasteiger partial charge in [0, 0.05) is 0 Å². The van der Waals surface area contributed by atoms with Crippen molar-refractivity contribution in [1.82, 2.24) is 0 Å². The Morgan fingerprint density at radius 2 is 0.935 bits per heavy atom. The van der Waals surface area contributed by atoms with Crippen molar-refractivity contribution in [3.63, 3.8) is 0 Å². The van der Waals surface area contributed by atoms with Gasteiger partial charge in [0.15, 0.2) is 0 Å². The summed E-state index contributed by atoms with van der Waals surface area (Å²) in [6.07, 6.45) is 18.0. The van der Waals surface area contributed by atoms with Crippen molar-refractivity contribution in [2.75, 3.05) is 9.80 Å². The van der Waals surface area contributed by atoms with E-state index in [-0.39, 0.29) is 6.71 Å². The normalized spacial score (nSPS) is 14.1. The summed E-state index contributed by atoms with van der Waals surface area (Å²) in [6.45, 7) is 15.7. The van der Waals surface area contributed by atoms with E-state index in [0.29, 0.717) is 0 Å². The number of allylic oxidation sites excluding steroid dienone is 4. The molecule has 0 atom stereocenters. The fourth-order valence-electron chi connectivity index (χ4n) is 10.1. The van der Waals surface area contributed by atoms with Crippen molar-refractivity contribution in [2.45, 2.75) is 107 Å². The molecule has 314 valence electrons. The average Bonchev–Trinajstić information content (AvgIpc) is 3.32. The number of nitrogens with zero attached hydrogens (tertiary/aromatic N) is 2. The fraction of sp³-hybridized carbons (Fsp3) is 0.250. The van der Waals surface area contributed by atoms with Gasteiger partial charge in [-0.2, -0.15) is 0 Å². The molecule has 0 fully saturated rings. The summed E-state index contributed by atoms with van der Waals surface area (Å²) in [5, 5.41) is 0. The molecule has 0 aromatic heterocycles. The Morgan fingerprint density at radius 3 is 1.40 bits per heavy atom. The quantitative estimate of drug-likeness (QED) is 0.0491. The molecular weight excluding hydrogens is 983 g/mol. The van der Waals surface area contributed by atoms with Gasteiger partial charge in [-0.15, -0.1) is 0 Å². The van der Waals surface area contributed by atoms with Crippen molar-refractivity contribution in [2.24, 2.45) is 0 Å². The molecule has 0 unspecified atom stereocenters. The molecule has 0 saturated heterocycles. The molecule has 0 aliphatic carbocycles. The molecule has 2 nitrogen and oxygen atoms in total. The van der Waals surface area contributed by atoms with Crippen LogP contribution >= 0.6 is 23.5 Å². The van der Waals surface area contributed by atoms with Crippen LogP contribution in [0.3, 0.4) is 0 Å². The van der Waals surface area contributed by atoms with Gasteiger partial charge in [-0.25, -0.2) is 0 Å². The van der Waals surface area contributed by atoms with Gasteiger partial charge >= 0.3 is 308 Å². The summed E-state index contributed by atoms with van der Waals surface area (Å²) in [4.78, 5) is 10.8. The predicted molar refractivity (Wildman–Crippen MR) is 279 cm³/mol. The van der Waals surface area contributed by atoms with E-state index >= 15 is 0 Å². The molecule has 0 saturated carbocycles. The number of fused-ring (bicyclic) bond motifs is 2. The Balaban J connectivity index is 0.000000612. The predicted octanol–water partition coefficient (Wildman–Crippen LogP) is 14.4. The second-order valence-corrected chi connectivity index (χ2v) is 35.4. The number of hydrogen-bond acceptors (Lipinski definition) is 4. The van der Waals surface area contributed by atoms with Crippen LogP contribution in [0.5, 0.6) is 0 Å². The van der Waals surface area contributed by atoms with Gasteiger partial charge in [0.05, 0.1) is 0 Å². The van der Waals surface area contributed by atoms with Crippen molar-refractivity contribution >= 4 is 108 Å². The molecule has 10 rings (SSSR count). The van der Waals surface area contributed by atoms with Crippen molar-refractivity contribution < 1.29 is 0 Å². The summed E-state index contributed by atoms with van der Waals surface area (Å²) >= 11 is 0.699. The van der Waals surface area contributed by atoms with Crippen molar-refractivity contribution in [3.05, 3.63) is 165 Å². The zero-order chi connectivity index (χ0) is 43.1. The van der Waals surface area contributed by atoms with Crippen LogP contribution in [0.1, 0.15) is 79.1 Å². The van der Waals surface area contributed by atoms with Crippen LogP contribution in [0.15, 0.2) is 184 Å². The first kappa shape index (κ1) is 44.4. The molecule has 62 heavy (non-hydrogen) atoms. The third kappa shape index (κ3) is 8.34. The van der Waals surface area contributed by atoms with Crippen LogP contribution in [0.2, 0.25) is 7.96 Å². The number of para-hydroxylation sites is 3. The van der Waals surface area contributed by atoms with E-state index < -0.39 is 21.2 Å². The maximum atomic E-state index is 3.36. The number of anilines is 6. The summed E-state index contributed by atoms with van der Waals surface area (Å²) < 4.78 is 6.34. The number of hydrogen-bond donors (Lipinski definition) is 0.